The number of hydrogen-bond donors (Lipinski definition) is 2. The summed E-state index contributed by atoms with van der Waals surface area (Å²) < 4.78 is 5.45. The van der Waals surface area contributed by atoms with Crippen LogP contribution in [0.2, 0.25) is 0 Å². The Morgan fingerprint density at radius 3 is 2.48 bits per heavy atom. The lowest BCUT2D eigenvalue weighted by Gasteiger charge is -2.41. The number of anilines is 1. The van der Waals surface area contributed by atoms with Gasteiger partial charge in [0.05, 0.1) is 7.11 Å². The number of ether oxygens (including phenoxy) is 1. The highest BCUT2D eigenvalue weighted by Gasteiger charge is 2.38. The second-order valence-electron chi connectivity index (χ2n) is 8.29. The molecule has 0 aliphatic carbocycles. The highest BCUT2D eigenvalue weighted by molar-refractivity contribution is 8.00. The molecular formula is C22H28N2OS2. The second kappa shape index (κ2) is 7.72. The number of methoxy groups -OCH3 is 1. The molecule has 1 aliphatic heterocycles. The molecule has 3 rings (SSSR count). The number of rotatable bonds is 4. The van der Waals surface area contributed by atoms with Crippen molar-refractivity contribution in [2.75, 3.05) is 12.4 Å². The molecule has 0 atom stereocenters. The molecule has 27 heavy (non-hydrogen) atoms. The highest BCUT2D eigenvalue weighted by Crippen LogP contribution is 2.51. The molecule has 0 aromatic heterocycles. The minimum Gasteiger partial charge on any atom is -0.497 e. The van der Waals surface area contributed by atoms with Gasteiger partial charge in [0.25, 0.3) is 0 Å². The van der Waals surface area contributed by atoms with E-state index >= 15 is 0 Å². The standard InChI is InChI=1S/C22H28N2OS2/c1-21(2)14-22(3,4)27-19-11-8-16(12-18(19)21)24-20(26)23-13-15-6-9-17(25-5)10-7-15/h6-12H,13-14H2,1-5H3,(H2,23,24,26). The zero-order valence-electron chi connectivity index (χ0n) is 16.7. The van der Waals surface area contributed by atoms with Crippen molar-refractivity contribution in [2.24, 2.45) is 0 Å². The lowest BCUT2D eigenvalue weighted by atomic mass is 9.77. The molecule has 0 unspecified atom stereocenters. The van der Waals surface area contributed by atoms with Crippen molar-refractivity contribution in [3.63, 3.8) is 0 Å². The Morgan fingerprint density at radius 1 is 1.11 bits per heavy atom. The number of thioether (sulfide) groups is 1. The van der Waals surface area contributed by atoms with E-state index in [0.29, 0.717) is 11.7 Å². The minimum atomic E-state index is 0.153. The van der Waals surface area contributed by atoms with Gasteiger partial charge >= 0.3 is 0 Å². The summed E-state index contributed by atoms with van der Waals surface area (Å²) in [6.45, 7) is 9.99. The van der Waals surface area contributed by atoms with Crippen LogP contribution in [-0.4, -0.2) is 17.0 Å². The summed E-state index contributed by atoms with van der Waals surface area (Å²) in [7, 11) is 1.67. The largest absolute Gasteiger partial charge is 0.497 e. The highest BCUT2D eigenvalue weighted by atomic mass is 32.2. The summed E-state index contributed by atoms with van der Waals surface area (Å²) in [6.07, 6.45) is 1.15. The van der Waals surface area contributed by atoms with Crippen molar-refractivity contribution in [2.45, 2.75) is 55.7 Å². The zero-order valence-corrected chi connectivity index (χ0v) is 18.3. The zero-order chi connectivity index (χ0) is 19.7. The van der Waals surface area contributed by atoms with E-state index in [2.05, 4.69) is 56.5 Å². The topological polar surface area (TPSA) is 33.3 Å². The summed E-state index contributed by atoms with van der Waals surface area (Å²) in [4.78, 5) is 1.37. The van der Waals surface area contributed by atoms with Gasteiger partial charge in [0.2, 0.25) is 0 Å². The Kier molecular flexibility index (Phi) is 5.73. The number of thiocarbonyl (C=S) groups is 1. The summed E-state index contributed by atoms with van der Waals surface area (Å²) >= 11 is 7.45. The van der Waals surface area contributed by atoms with Crippen LogP contribution in [-0.2, 0) is 12.0 Å². The molecule has 5 heteroatoms. The Hall–Kier alpha value is -1.72. The molecule has 3 nitrogen and oxygen atoms in total. The summed E-state index contributed by atoms with van der Waals surface area (Å²) in [6, 6.07) is 14.6. The van der Waals surface area contributed by atoms with E-state index in [1.807, 2.05) is 36.0 Å². The number of nitrogens with one attached hydrogen (secondary N) is 2. The first-order chi connectivity index (χ1) is 12.7. The van der Waals surface area contributed by atoms with E-state index in [0.717, 1.165) is 23.4 Å². The fourth-order valence-corrected chi connectivity index (χ4v) is 5.62. The van der Waals surface area contributed by atoms with Crippen molar-refractivity contribution < 1.29 is 4.74 Å². The van der Waals surface area contributed by atoms with Crippen LogP contribution < -0.4 is 15.4 Å². The molecule has 0 bridgehead atoms. The van der Waals surface area contributed by atoms with Crippen molar-refractivity contribution >= 4 is 34.8 Å². The average Bonchev–Trinajstić information content (AvgIpc) is 2.59. The van der Waals surface area contributed by atoms with Gasteiger partial charge in [-0.25, -0.2) is 0 Å². The van der Waals surface area contributed by atoms with E-state index in [9.17, 15) is 0 Å². The average molecular weight is 401 g/mol. The third kappa shape index (κ3) is 4.96. The van der Waals surface area contributed by atoms with Crippen LogP contribution in [0.4, 0.5) is 5.69 Å². The molecule has 2 N–H and O–H groups in total. The lowest BCUT2D eigenvalue weighted by molar-refractivity contribution is 0.408. The third-order valence-corrected chi connectivity index (χ3v) is 6.35. The van der Waals surface area contributed by atoms with E-state index < -0.39 is 0 Å². The molecule has 0 radical (unpaired) electrons. The number of fused-ring (bicyclic) bond motifs is 1. The molecule has 144 valence electrons. The van der Waals surface area contributed by atoms with Gasteiger partial charge in [-0.2, -0.15) is 0 Å². The van der Waals surface area contributed by atoms with Gasteiger partial charge in [-0.05, 0) is 65.5 Å². The van der Waals surface area contributed by atoms with Crippen LogP contribution in [0.25, 0.3) is 0 Å². The predicted octanol–water partition coefficient (Wildman–Crippen LogP) is 5.73. The maximum Gasteiger partial charge on any atom is 0.171 e. The molecule has 2 aromatic carbocycles. The molecule has 1 aliphatic rings. The normalized spacial score (nSPS) is 16.9. The van der Waals surface area contributed by atoms with Crippen LogP contribution in [0.5, 0.6) is 5.75 Å². The van der Waals surface area contributed by atoms with E-state index in [1.54, 1.807) is 7.11 Å². The Balaban J connectivity index is 1.65. The Morgan fingerprint density at radius 2 is 1.81 bits per heavy atom. The van der Waals surface area contributed by atoms with Gasteiger partial charge in [-0.1, -0.05) is 39.8 Å². The fraction of sp³-hybridized carbons (Fsp3) is 0.409. The van der Waals surface area contributed by atoms with Crippen LogP contribution in [0, 0.1) is 0 Å². The van der Waals surface area contributed by atoms with E-state index in [-0.39, 0.29) is 10.2 Å². The van der Waals surface area contributed by atoms with Crippen molar-refractivity contribution in [1.82, 2.24) is 5.32 Å². The summed E-state index contributed by atoms with van der Waals surface area (Å²) in [5, 5.41) is 7.23. The smallest absolute Gasteiger partial charge is 0.171 e. The summed E-state index contributed by atoms with van der Waals surface area (Å²) in [5.74, 6) is 0.858. The SMILES string of the molecule is COc1ccc(CNC(=S)Nc2ccc3c(c2)C(C)(C)CC(C)(C)S3)cc1. The summed E-state index contributed by atoms with van der Waals surface area (Å²) in [5.41, 5.74) is 3.74. The first-order valence-electron chi connectivity index (χ1n) is 9.20. The maximum atomic E-state index is 5.48. The third-order valence-electron chi connectivity index (χ3n) is 4.83. The van der Waals surface area contributed by atoms with Gasteiger partial charge in [0, 0.05) is 21.9 Å². The van der Waals surface area contributed by atoms with Crippen LogP contribution in [0.1, 0.15) is 45.2 Å². The molecule has 1 heterocycles. The number of hydrogen-bond acceptors (Lipinski definition) is 3. The molecule has 0 amide bonds. The van der Waals surface area contributed by atoms with Gasteiger partial charge in [-0.3, -0.25) is 0 Å². The molecule has 0 fully saturated rings. The predicted molar refractivity (Wildman–Crippen MR) is 120 cm³/mol. The van der Waals surface area contributed by atoms with E-state index in [4.69, 9.17) is 17.0 Å². The molecule has 2 aromatic rings. The monoisotopic (exact) mass is 400 g/mol. The number of benzene rings is 2. The van der Waals surface area contributed by atoms with Gasteiger partial charge in [-0.15, -0.1) is 11.8 Å². The molecule has 0 saturated carbocycles. The molecular weight excluding hydrogens is 372 g/mol. The minimum absolute atomic E-state index is 0.153. The second-order valence-corrected chi connectivity index (χ2v) is 10.4. The Bertz CT molecular complexity index is 829. The van der Waals surface area contributed by atoms with Crippen molar-refractivity contribution in [3.8, 4) is 5.75 Å². The van der Waals surface area contributed by atoms with Gasteiger partial charge < -0.3 is 15.4 Å². The molecule has 0 saturated heterocycles. The molecule has 0 spiro atoms. The Labute approximate surface area is 172 Å². The maximum absolute atomic E-state index is 5.48. The van der Waals surface area contributed by atoms with E-state index in [1.165, 1.54) is 10.5 Å². The van der Waals surface area contributed by atoms with Crippen molar-refractivity contribution in [3.05, 3.63) is 53.6 Å². The van der Waals surface area contributed by atoms with Crippen LogP contribution in [0.3, 0.4) is 0 Å². The fourth-order valence-electron chi connectivity index (χ4n) is 3.82. The first-order valence-corrected chi connectivity index (χ1v) is 10.4. The van der Waals surface area contributed by atoms with Crippen LogP contribution in [0.15, 0.2) is 47.4 Å². The van der Waals surface area contributed by atoms with Gasteiger partial charge in [0.1, 0.15) is 5.75 Å². The quantitative estimate of drug-likeness (QED) is 0.640. The first kappa shape index (κ1) is 20.0. The van der Waals surface area contributed by atoms with Gasteiger partial charge in [0.15, 0.2) is 5.11 Å². The van der Waals surface area contributed by atoms with Crippen LogP contribution >= 0.6 is 24.0 Å². The lowest BCUT2D eigenvalue weighted by Crippen LogP contribution is -2.34. The van der Waals surface area contributed by atoms with Crippen molar-refractivity contribution in [1.29, 1.82) is 0 Å².